The van der Waals surface area contributed by atoms with Crippen LogP contribution in [0, 0.1) is 0 Å². The van der Waals surface area contributed by atoms with Gasteiger partial charge in [-0.3, -0.25) is 4.90 Å². The monoisotopic (exact) mass is 378 g/mol. The number of anilines is 1. The van der Waals surface area contributed by atoms with Crippen LogP contribution in [0.3, 0.4) is 0 Å². The Morgan fingerprint density at radius 1 is 0.821 bits per heavy atom. The van der Waals surface area contributed by atoms with E-state index in [1.165, 1.54) is 63.6 Å². The molecular formula is C24H30N2O2. The number of hydrogen-bond acceptors (Lipinski definition) is 4. The molecule has 1 saturated carbocycles. The van der Waals surface area contributed by atoms with E-state index in [0.29, 0.717) is 5.56 Å². The lowest BCUT2D eigenvalue weighted by molar-refractivity contribution is 0.0601. The second-order valence-electron chi connectivity index (χ2n) is 7.93. The standard InChI is InChI=1S/C24H30N2O2/c1-28-24(27)21-9-7-19(8-10-21)20-11-13-23(14-12-20)26-17-15-25(16-18-26)22-5-3-2-4-6-22/h7-14,22H,2-6,15-18H2,1H3. The molecule has 1 aliphatic carbocycles. The summed E-state index contributed by atoms with van der Waals surface area (Å²) in [6.45, 7) is 4.59. The fourth-order valence-electron chi connectivity index (χ4n) is 4.57. The molecule has 28 heavy (non-hydrogen) atoms. The largest absolute Gasteiger partial charge is 0.465 e. The number of carbonyl (C=O) groups excluding carboxylic acids is 1. The first kappa shape index (κ1) is 19.0. The van der Waals surface area contributed by atoms with E-state index >= 15 is 0 Å². The van der Waals surface area contributed by atoms with Crippen LogP contribution in [0.1, 0.15) is 42.5 Å². The Hall–Kier alpha value is -2.33. The van der Waals surface area contributed by atoms with Gasteiger partial charge in [-0.05, 0) is 48.2 Å². The molecule has 0 atom stereocenters. The molecule has 1 saturated heterocycles. The van der Waals surface area contributed by atoms with E-state index in [-0.39, 0.29) is 5.97 Å². The first-order valence-corrected chi connectivity index (χ1v) is 10.5. The summed E-state index contributed by atoms with van der Waals surface area (Å²) in [6, 6.07) is 17.2. The summed E-state index contributed by atoms with van der Waals surface area (Å²) >= 11 is 0. The Bertz CT molecular complexity index is 771. The number of piperazine rings is 1. The Morgan fingerprint density at radius 3 is 1.96 bits per heavy atom. The molecule has 0 radical (unpaired) electrons. The summed E-state index contributed by atoms with van der Waals surface area (Å²) in [5, 5.41) is 0. The topological polar surface area (TPSA) is 32.8 Å². The van der Waals surface area contributed by atoms with E-state index in [2.05, 4.69) is 34.1 Å². The van der Waals surface area contributed by atoms with Crippen LogP contribution in [0.5, 0.6) is 0 Å². The summed E-state index contributed by atoms with van der Waals surface area (Å²) in [5.41, 5.74) is 4.17. The SMILES string of the molecule is COC(=O)c1ccc(-c2ccc(N3CCN(C4CCCCC4)CC3)cc2)cc1. The number of benzene rings is 2. The normalized spacial score (nSPS) is 18.8. The summed E-state index contributed by atoms with van der Waals surface area (Å²) in [4.78, 5) is 16.8. The number of ether oxygens (including phenoxy) is 1. The zero-order valence-electron chi connectivity index (χ0n) is 16.8. The first-order valence-electron chi connectivity index (χ1n) is 10.5. The van der Waals surface area contributed by atoms with Crippen molar-refractivity contribution in [3.8, 4) is 11.1 Å². The Balaban J connectivity index is 1.36. The van der Waals surface area contributed by atoms with E-state index in [0.717, 1.165) is 24.7 Å². The van der Waals surface area contributed by atoms with Crippen LogP contribution in [0.4, 0.5) is 5.69 Å². The van der Waals surface area contributed by atoms with Crippen LogP contribution in [0.2, 0.25) is 0 Å². The van der Waals surface area contributed by atoms with Gasteiger partial charge in [-0.1, -0.05) is 43.5 Å². The summed E-state index contributed by atoms with van der Waals surface area (Å²) in [6.07, 6.45) is 7.03. The third-order valence-corrected chi connectivity index (χ3v) is 6.28. The minimum absolute atomic E-state index is 0.297. The highest BCUT2D eigenvalue weighted by Gasteiger charge is 2.25. The minimum Gasteiger partial charge on any atom is -0.465 e. The molecule has 4 nitrogen and oxygen atoms in total. The van der Waals surface area contributed by atoms with Crippen molar-refractivity contribution in [3.05, 3.63) is 54.1 Å². The molecule has 0 spiro atoms. The minimum atomic E-state index is -0.297. The summed E-state index contributed by atoms with van der Waals surface area (Å²) < 4.78 is 4.76. The van der Waals surface area contributed by atoms with Gasteiger partial charge in [0.2, 0.25) is 0 Å². The van der Waals surface area contributed by atoms with E-state index in [1.807, 2.05) is 24.3 Å². The lowest BCUT2D eigenvalue weighted by Gasteiger charge is -2.41. The number of nitrogens with zero attached hydrogens (tertiary/aromatic N) is 2. The maximum atomic E-state index is 11.6. The molecule has 2 fully saturated rings. The van der Waals surface area contributed by atoms with Crippen molar-refractivity contribution in [1.29, 1.82) is 0 Å². The van der Waals surface area contributed by atoms with E-state index in [1.54, 1.807) is 0 Å². The average Bonchev–Trinajstić information content (AvgIpc) is 2.79. The number of carbonyl (C=O) groups is 1. The highest BCUT2D eigenvalue weighted by atomic mass is 16.5. The maximum absolute atomic E-state index is 11.6. The molecule has 4 rings (SSSR count). The Morgan fingerprint density at radius 2 is 1.39 bits per heavy atom. The molecule has 1 heterocycles. The molecule has 2 aromatic carbocycles. The van der Waals surface area contributed by atoms with Crippen LogP contribution in [-0.4, -0.2) is 50.2 Å². The fraction of sp³-hybridized carbons (Fsp3) is 0.458. The third kappa shape index (κ3) is 4.22. The molecule has 1 aliphatic heterocycles. The molecule has 0 bridgehead atoms. The average molecular weight is 379 g/mol. The van der Waals surface area contributed by atoms with Gasteiger partial charge in [-0.25, -0.2) is 4.79 Å². The predicted molar refractivity (Wildman–Crippen MR) is 114 cm³/mol. The van der Waals surface area contributed by atoms with Gasteiger partial charge in [-0.2, -0.15) is 0 Å². The van der Waals surface area contributed by atoms with Gasteiger partial charge in [0.15, 0.2) is 0 Å². The molecule has 148 valence electrons. The van der Waals surface area contributed by atoms with Crippen LogP contribution in [0.25, 0.3) is 11.1 Å². The molecule has 0 N–H and O–H groups in total. The highest BCUT2D eigenvalue weighted by molar-refractivity contribution is 5.90. The van der Waals surface area contributed by atoms with Crippen LogP contribution in [-0.2, 0) is 4.74 Å². The van der Waals surface area contributed by atoms with Crippen LogP contribution in [0.15, 0.2) is 48.5 Å². The second kappa shape index (κ2) is 8.78. The quantitative estimate of drug-likeness (QED) is 0.728. The molecular weight excluding hydrogens is 348 g/mol. The number of hydrogen-bond donors (Lipinski definition) is 0. The number of rotatable bonds is 4. The van der Waals surface area contributed by atoms with Gasteiger partial charge in [-0.15, -0.1) is 0 Å². The van der Waals surface area contributed by atoms with Gasteiger partial charge in [0.1, 0.15) is 0 Å². The van der Waals surface area contributed by atoms with E-state index < -0.39 is 0 Å². The lowest BCUT2D eigenvalue weighted by atomic mass is 9.94. The fourth-order valence-corrected chi connectivity index (χ4v) is 4.57. The Labute approximate surface area is 168 Å². The molecule has 4 heteroatoms. The van der Waals surface area contributed by atoms with Crippen molar-refractivity contribution in [3.63, 3.8) is 0 Å². The van der Waals surface area contributed by atoms with Gasteiger partial charge in [0.25, 0.3) is 0 Å². The summed E-state index contributed by atoms with van der Waals surface area (Å²) in [5.74, 6) is -0.297. The number of methoxy groups -OCH3 is 1. The Kier molecular flexibility index (Phi) is 5.96. The van der Waals surface area contributed by atoms with Crippen LogP contribution >= 0.6 is 0 Å². The molecule has 2 aliphatic rings. The predicted octanol–water partition coefficient (Wildman–Crippen LogP) is 4.59. The maximum Gasteiger partial charge on any atom is 0.337 e. The van der Waals surface area contributed by atoms with Gasteiger partial charge in [0, 0.05) is 37.9 Å². The zero-order chi connectivity index (χ0) is 19.3. The molecule has 2 aromatic rings. The highest BCUT2D eigenvalue weighted by Crippen LogP contribution is 2.27. The van der Waals surface area contributed by atoms with Gasteiger partial charge < -0.3 is 9.64 Å². The van der Waals surface area contributed by atoms with Crippen LogP contribution < -0.4 is 4.90 Å². The van der Waals surface area contributed by atoms with Gasteiger partial charge >= 0.3 is 5.97 Å². The van der Waals surface area contributed by atoms with Crippen molar-refractivity contribution in [2.75, 3.05) is 38.2 Å². The van der Waals surface area contributed by atoms with Crippen molar-refractivity contribution < 1.29 is 9.53 Å². The van der Waals surface area contributed by atoms with Crippen molar-refractivity contribution in [2.24, 2.45) is 0 Å². The number of esters is 1. The molecule has 0 aromatic heterocycles. The third-order valence-electron chi connectivity index (χ3n) is 6.28. The van der Waals surface area contributed by atoms with Crippen molar-refractivity contribution in [2.45, 2.75) is 38.1 Å². The summed E-state index contributed by atoms with van der Waals surface area (Å²) in [7, 11) is 1.41. The van der Waals surface area contributed by atoms with Crippen molar-refractivity contribution in [1.82, 2.24) is 4.90 Å². The second-order valence-corrected chi connectivity index (χ2v) is 7.93. The smallest absolute Gasteiger partial charge is 0.337 e. The van der Waals surface area contributed by atoms with E-state index in [9.17, 15) is 4.79 Å². The molecule has 0 amide bonds. The molecule has 0 unspecified atom stereocenters. The first-order chi connectivity index (χ1) is 13.7. The van der Waals surface area contributed by atoms with E-state index in [4.69, 9.17) is 4.74 Å². The lowest BCUT2D eigenvalue weighted by Crippen LogP contribution is -2.50. The van der Waals surface area contributed by atoms with Crippen molar-refractivity contribution >= 4 is 11.7 Å². The zero-order valence-corrected chi connectivity index (χ0v) is 16.8. The van der Waals surface area contributed by atoms with Gasteiger partial charge in [0.05, 0.1) is 12.7 Å².